The molecule has 4 fully saturated rings. The first kappa shape index (κ1) is 29.1. The summed E-state index contributed by atoms with van der Waals surface area (Å²) in [7, 11) is 0. The molecule has 4 aliphatic carbocycles. The number of aliphatic hydroxyl groups is 3. The Morgan fingerprint density at radius 1 is 1.18 bits per heavy atom. The molecule has 0 aromatic heterocycles. The molecular weight excluding hydrogens is 480 g/mol. The minimum Gasteiger partial charge on any atom is -0.434 e. The standard InChI is InChI=1S/C32H48O6/c1-5-6-18-37-30(36)38-32(16-17-32)29(35)14-9-21(2)26-12-13-27-23(8-7-15-31(26,27)4)10-11-24-19-25(33)20-28(34)22(24)3/h9-11,14,21,25-29,33-35H,3,5-8,12-13,15-20H2,1-2,4H3/b14-9+,23-10+,24-11-/t21-,25?,26-,27+,28?,29-,31-/m1/s1. The largest absolute Gasteiger partial charge is 0.508 e. The van der Waals surface area contributed by atoms with E-state index < -0.39 is 30.1 Å². The SMILES string of the molecule is C=C1/C(=C\C=C2/CCC[C@]3(C)[C@@H]([C@H](C)/C=C/[C@@H](O)C4(OC(=O)OCCCC)CC4)CC[C@@H]23)CC(O)CC1O. The first-order chi connectivity index (χ1) is 18.1. The van der Waals surface area contributed by atoms with Crippen LogP contribution in [-0.4, -0.2) is 52.0 Å². The molecule has 0 bridgehead atoms. The maximum Gasteiger partial charge on any atom is 0.508 e. The van der Waals surface area contributed by atoms with Gasteiger partial charge in [-0.05, 0) is 92.1 Å². The van der Waals surface area contributed by atoms with Gasteiger partial charge in [0.25, 0.3) is 0 Å². The number of fused-ring (bicyclic) bond motifs is 1. The maximum absolute atomic E-state index is 12.0. The zero-order chi connectivity index (χ0) is 27.5. The van der Waals surface area contributed by atoms with E-state index >= 15 is 0 Å². The molecule has 4 aliphatic rings. The third-order valence-corrected chi connectivity index (χ3v) is 9.82. The van der Waals surface area contributed by atoms with Crippen molar-refractivity contribution < 1.29 is 29.6 Å². The van der Waals surface area contributed by atoms with E-state index in [0.717, 1.165) is 49.7 Å². The van der Waals surface area contributed by atoms with Crippen LogP contribution in [0.1, 0.15) is 91.4 Å². The van der Waals surface area contributed by atoms with Crippen molar-refractivity contribution in [2.45, 2.75) is 115 Å². The fourth-order valence-electron chi connectivity index (χ4n) is 7.27. The molecule has 0 aliphatic heterocycles. The highest BCUT2D eigenvalue weighted by Crippen LogP contribution is 2.59. The summed E-state index contributed by atoms with van der Waals surface area (Å²) < 4.78 is 10.7. The highest BCUT2D eigenvalue weighted by molar-refractivity contribution is 5.61. The summed E-state index contributed by atoms with van der Waals surface area (Å²) in [5.74, 6) is 1.32. The van der Waals surface area contributed by atoms with E-state index in [2.05, 4.69) is 38.7 Å². The van der Waals surface area contributed by atoms with Gasteiger partial charge in [0.1, 0.15) is 11.7 Å². The molecule has 4 saturated carbocycles. The van der Waals surface area contributed by atoms with Gasteiger partial charge in [0.05, 0.1) is 18.8 Å². The van der Waals surface area contributed by atoms with Crippen molar-refractivity contribution in [1.82, 2.24) is 0 Å². The molecular formula is C32H48O6. The van der Waals surface area contributed by atoms with Gasteiger partial charge in [-0.15, -0.1) is 0 Å². The Labute approximate surface area is 228 Å². The molecule has 2 unspecified atom stereocenters. The van der Waals surface area contributed by atoms with Crippen molar-refractivity contribution in [2.75, 3.05) is 6.61 Å². The van der Waals surface area contributed by atoms with Crippen molar-refractivity contribution in [3.63, 3.8) is 0 Å². The normalized spacial score (nSPS) is 36.3. The van der Waals surface area contributed by atoms with Crippen LogP contribution >= 0.6 is 0 Å². The monoisotopic (exact) mass is 528 g/mol. The molecule has 0 aromatic rings. The lowest BCUT2D eigenvalue weighted by atomic mass is 9.61. The van der Waals surface area contributed by atoms with Gasteiger partial charge in [-0.3, -0.25) is 0 Å². The number of carbonyl (C=O) groups excluding carboxylic acids is 1. The van der Waals surface area contributed by atoms with Gasteiger partial charge in [-0.25, -0.2) is 4.79 Å². The van der Waals surface area contributed by atoms with Crippen LogP contribution in [0.2, 0.25) is 0 Å². The second kappa shape index (κ2) is 12.1. The van der Waals surface area contributed by atoms with Gasteiger partial charge in [-0.1, -0.05) is 63.6 Å². The van der Waals surface area contributed by atoms with Gasteiger partial charge in [-0.2, -0.15) is 0 Å². The summed E-state index contributed by atoms with van der Waals surface area (Å²) in [6, 6.07) is 0. The zero-order valence-electron chi connectivity index (χ0n) is 23.5. The molecule has 0 radical (unpaired) electrons. The minimum atomic E-state index is -0.833. The highest BCUT2D eigenvalue weighted by Gasteiger charge is 2.53. The van der Waals surface area contributed by atoms with E-state index in [1.54, 1.807) is 0 Å². The summed E-state index contributed by atoms with van der Waals surface area (Å²) in [5.41, 5.74) is 2.52. The molecule has 212 valence electrons. The van der Waals surface area contributed by atoms with E-state index in [0.29, 0.717) is 50.0 Å². The third kappa shape index (κ3) is 6.29. The van der Waals surface area contributed by atoms with Crippen LogP contribution in [0.3, 0.4) is 0 Å². The maximum atomic E-state index is 12.0. The summed E-state index contributed by atoms with van der Waals surface area (Å²) in [6.45, 7) is 11.1. The van der Waals surface area contributed by atoms with E-state index in [-0.39, 0.29) is 5.41 Å². The predicted molar refractivity (Wildman–Crippen MR) is 148 cm³/mol. The van der Waals surface area contributed by atoms with Crippen LogP contribution in [0.4, 0.5) is 4.79 Å². The Balaban J connectivity index is 1.39. The highest BCUT2D eigenvalue weighted by atomic mass is 16.7. The molecule has 3 N–H and O–H groups in total. The number of hydrogen-bond donors (Lipinski definition) is 3. The summed E-state index contributed by atoms with van der Waals surface area (Å²) in [6.07, 6.45) is 15.3. The third-order valence-electron chi connectivity index (χ3n) is 9.82. The van der Waals surface area contributed by atoms with Crippen LogP contribution in [0.5, 0.6) is 0 Å². The average molecular weight is 529 g/mol. The summed E-state index contributed by atoms with van der Waals surface area (Å²) in [5, 5.41) is 31.2. The average Bonchev–Trinajstić information content (AvgIpc) is 3.56. The quantitative estimate of drug-likeness (QED) is 0.188. The number of allylic oxidation sites excluding steroid dienone is 4. The van der Waals surface area contributed by atoms with Gasteiger partial charge < -0.3 is 24.8 Å². The molecule has 7 atom stereocenters. The number of hydrogen-bond acceptors (Lipinski definition) is 6. The summed E-state index contributed by atoms with van der Waals surface area (Å²) >= 11 is 0. The Kier molecular flexibility index (Phi) is 9.26. The first-order valence-corrected chi connectivity index (χ1v) is 14.8. The molecule has 0 spiro atoms. The van der Waals surface area contributed by atoms with Crippen molar-refractivity contribution in [3.8, 4) is 0 Å². The molecule has 0 heterocycles. The minimum absolute atomic E-state index is 0.191. The first-order valence-electron chi connectivity index (χ1n) is 14.8. The fraction of sp³-hybridized carbons (Fsp3) is 0.719. The summed E-state index contributed by atoms with van der Waals surface area (Å²) in [4.78, 5) is 12.0. The van der Waals surface area contributed by atoms with Gasteiger partial charge in [0, 0.05) is 6.42 Å². The lowest BCUT2D eigenvalue weighted by Gasteiger charge is -2.44. The van der Waals surface area contributed by atoms with Crippen molar-refractivity contribution in [1.29, 1.82) is 0 Å². The van der Waals surface area contributed by atoms with E-state index in [4.69, 9.17) is 9.47 Å². The molecule has 0 aromatic carbocycles. The molecule has 0 saturated heterocycles. The van der Waals surface area contributed by atoms with Crippen LogP contribution in [0.25, 0.3) is 0 Å². The van der Waals surface area contributed by atoms with Gasteiger partial charge in [0.2, 0.25) is 0 Å². The van der Waals surface area contributed by atoms with Crippen LogP contribution in [0.15, 0.2) is 47.6 Å². The van der Waals surface area contributed by atoms with Crippen molar-refractivity contribution in [2.24, 2.45) is 23.2 Å². The van der Waals surface area contributed by atoms with Crippen LogP contribution < -0.4 is 0 Å². The van der Waals surface area contributed by atoms with Crippen LogP contribution in [0, 0.1) is 23.2 Å². The topological polar surface area (TPSA) is 96.2 Å². The molecule has 4 rings (SSSR count). The second-order valence-electron chi connectivity index (χ2n) is 12.5. The lowest BCUT2D eigenvalue weighted by Crippen LogP contribution is -2.36. The van der Waals surface area contributed by atoms with E-state index in [9.17, 15) is 20.1 Å². The van der Waals surface area contributed by atoms with Crippen molar-refractivity contribution >= 4 is 6.16 Å². The number of unbranched alkanes of at least 4 members (excludes halogenated alkanes) is 1. The lowest BCUT2D eigenvalue weighted by molar-refractivity contribution is -0.0318. The molecule has 38 heavy (non-hydrogen) atoms. The Hall–Kier alpha value is -1.89. The smallest absolute Gasteiger partial charge is 0.434 e. The van der Waals surface area contributed by atoms with E-state index in [1.807, 2.05) is 13.0 Å². The molecule has 6 heteroatoms. The number of ether oxygens (including phenoxy) is 2. The number of rotatable bonds is 9. The number of aliphatic hydroxyl groups excluding tert-OH is 3. The Morgan fingerprint density at radius 3 is 2.66 bits per heavy atom. The zero-order valence-corrected chi connectivity index (χ0v) is 23.5. The fourth-order valence-corrected chi connectivity index (χ4v) is 7.27. The number of carbonyl (C=O) groups is 1. The predicted octanol–water partition coefficient (Wildman–Crippen LogP) is 6.17. The Morgan fingerprint density at radius 2 is 1.95 bits per heavy atom. The van der Waals surface area contributed by atoms with Gasteiger partial charge in [0.15, 0.2) is 0 Å². The second-order valence-corrected chi connectivity index (χ2v) is 12.5. The van der Waals surface area contributed by atoms with Crippen molar-refractivity contribution in [3.05, 3.63) is 47.6 Å². The van der Waals surface area contributed by atoms with Gasteiger partial charge >= 0.3 is 6.16 Å². The molecule has 6 nitrogen and oxygen atoms in total. The molecule has 0 amide bonds. The Bertz CT molecular complexity index is 959. The van der Waals surface area contributed by atoms with E-state index in [1.165, 1.54) is 12.0 Å². The van der Waals surface area contributed by atoms with Crippen LogP contribution in [-0.2, 0) is 9.47 Å².